The molecule has 24 heavy (non-hydrogen) atoms. The van der Waals surface area contributed by atoms with Crippen LogP contribution in [-0.4, -0.2) is 11.1 Å². The van der Waals surface area contributed by atoms with Crippen LogP contribution >= 0.6 is 0 Å². The van der Waals surface area contributed by atoms with Crippen molar-refractivity contribution in [1.29, 1.82) is 0 Å². The van der Waals surface area contributed by atoms with Gasteiger partial charge in [-0.05, 0) is 73.5 Å². The van der Waals surface area contributed by atoms with Crippen molar-refractivity contribution < 1.29 is 9.90 Å². The van der Waals surface area contributed by atoms with Crippen molar-refractivity contribution in [3.8, 4) is 0 Å². The van der Waals surface area contributed by atoms with Crippen LogP contribution in [0.3, 0.4) is 0 Å². The minimum absolute atomic E-state index is 0.403. The average Bonchev–Trinajstić information content (AvgIpc) is 2.61. The molecule has 2 saturated carbocycles. The third-order valence-corrected chi connectivity index (χ3v) is 6.57. The van der Waals surface area contributed by atoms with Gasteiger partial charge in [0.2, 0.25) is 0 Å². The molecule has 2 nitrogen and oxygen atoms in total. The normalized spacial score (nSPS) is 29.9. The molecule has 0 amide bonds. The molecule has 0 bridgehead atoms. The van der Waals surface area contributed by atoms with Gasteiger partial charge < -0.3 is 5.11 Å². The van der Waals surface area contributed by atoms with E-state index in [2.05, 4.69) is 6.92 Å². The Morgan fingerprint density at radius 3 is 2.42 bits per heavy atom. The van der Waals surface area contributed by atoms with E-state index < -0.39 is 5.97 Å². The van der Waals surface area contributed by atoms with Crippen LogP contribution in [0.2, 0.25) is 0 Å². The van der Waals surface area contributed by atoms with Crippen molar-refractivity contribution in [1.82, 2.24) is 0 Å². The second kappa shape index (κ2) is 8.18. The quantitative estimate of drug-likeness (QED) is 0.625. The fourth-order valence-electron chi connectivity index (χ4n) is 5.13. The van der Waals surface area contributed by atoms with E-state index in [0.717, 1.165) is 17.8 Å². The van der Waals surface area contributed by atoms with Gasteiger partial charge in [-0.3, -0.25) is 0 Å². The molecule has 0 heterocycles. The molecular weight excluding hydrogens is 296 g/mol. The molecule has 0 aliphatic heterocycles. The maximum absolute atomic E-state index is 11.0. The number of fused-ring (bicyclic) bond motifs is 1. The number of unbranched alkanes of at least 4 members (excludes halogenated alkanes) is 2. The van der Waals surface area contributed by atoms with Crippen molar-refractivity contribution in [3.05, 3.63) is 35.4 Å². The lowest BCUT2D eigenvalue weighted by molar-refractivity contribution is 0.0697. The van der Waals surface area contributed by atoms with E-state index in [1.807, 2.05) is 12.1 Å². The summed E-state index contributed by atoms with van der Waals surface area (Å²) in [4.78, 5) is 11.0. The standard InChI is InChI=1S/C22H32O2/c1-2-3-4-5-16-6-7-21-15-20(13-12-19(21)14-16)17-8-10-18(11-9-17)22(23)24/h8-11,16,19-21H,2-7,12-15H2,1H3,(H,23,24). The zero-order valence-corrected chi connectivity index (χ0v) is 15.0. The second-order valence-electron chi connectivity index (χ2n) is 8.13. The summed E-state index contributed by atoms with van der Waals surface area (Å²) in [6, 6.07) is 7.64. The molecule has 1 N–H and O–H groups in total. The predicted octanol–water partition coefficient (Wildman–Crippen LogP) is 6.27. The predicted molar refractivity (Wildman–Crippen MR) is 98.5 cm³/mol. The number of hydrogen-bond donors (Lipinski definition) is 1. The molecule has 0 spiro atoms. The van der Waals surface area contributed by atoms with E-state index in [1.165, 1.54) is 69.8 Å². The first-order valence-corrected chi connectivity index (χ1v) is 10.0. The average molecular weight is 328 g/mol. The molecule has 2 fully saturated rings. The Morgan fingerprint density at radius 1 is 1.00 bits per heavy atom. The Bertz CT molecular complexity index is 533. The van der Waals surface area contributed by atoms with Gasteiger partial charge in [0.05, 0.1) is 5.56 Å². The van der Waals surface area contributed by atoms with Gasteiger partial charge in [-0.2, -0.15) is 0 Å². The van der Waals surface area contributed by atoms with E-state index in [1.54, 1.807) is 12.1 Å². The highest BCUT2D eigenvalue weighted by Gasteiger charge is 2.35. The smallest absolute Gasteiger partial charge is 0.335 e. The zero-order valence-electron chi connectivity index (χ0n) is 15.0. The lowest BCUT2D eigenvalue weighted by Crippen LogP contribution is -2.30. The third kappa shape index (κ3) is 4.20. The van der Waals surface area contributed by atoms with E-state index in [9.17, 15) is 4.79 Å². The van der Waals surface area contributed by atoms with Gasteiger partial charge in [0.15, 0.2) is 0 Å². The Morgan fingerprint density at radius 2 is 1.71 bits per heavy atom. The Balaban J connectivity index is 1.53. The maximum Gasteiger partial charge on any atom is 0.335 e. The first-order chi connectivity index (χ1) is 11.7. The first kappa shape index (κ1) is 17.5. The minimum atomic E-state index is -0.827. The lowest BCUT2D eigenvalue weighted by Gasteiger charge is -2.42. The van der Waals surface area contributed by atoms with Crippen LogP contribution in [0.4, 0.5) is 0 Å². The van der Waals surface area contributed by atoms with Gasteiger partial charge in [0.1, 0.15) is 0 Å². The largest absolute Gasteiger partial charge is 0.478 e. The van der Waals surface area contributed by atoms with Crippen LogP contribution in [-0.2, 0) is 0 Å². The van der Waals surface area contributed by atoms with Crippen LogP contribution in [0, 0.1) is 17.8 Å². The van der Waals surface area contributed by atoms with Crippen molar-refractivity contribution in [3.63, 3.8) is 0 Å². The Labute approximate surface area is 146 Å². The molecule has 0 saturated heterocycles. The third-order valence-electron chi connectivity index (χ3n) is 6.57. The zero-order chi connectivity index (χ0) is 16.9. The van der Waals surface area contributed by atoms with Crippen LogP contribution in [0.25, 0.3) is 0 Å². The van der Waals surface area contributed by atoms with Crippen molar-refractivity contribution in [2.24, 2.45) is 17.8 Å². The summed E-state index contributed by atoms with van der Waals surface area (Å²) < 4.78 is 0. The SMILES string of the molecule is CCCCCC1CCC2CC(c3ccc(C(=O)O)cc3)CCC2C1. The number of hydrogen-bond acceptors (Lipinski definition) is 1. The molecule has 2 heteroatoms. The summed E-state index contributed by atoms with van der Waals surface area (Å²) in [6.45, 7) is 2.29. The van der Waals surface area contributed by atoms with Crippen molar-refractivity contribution in [2.45, 2.75) is 77.0 Å². The molecule has 2 aliphatic rings. The van der Waals surface area contributed by atoms with E-state index >= 15 is 0 Å². The minimum Gasteiger partial charge on any atom is -0.478 e. The molecule has 0 radical (unpaired) electrons. The number of rotatable bonds is 6. The molecular formula is C22H32O2. The second-order valence-corrected chi connectivity index (χ2v) is 8.13. The van der Waals surface area contributed by atoms with Gasteiger partial charge in [0.25, 0.3) is 0 Å². The highest BCUT2D eigenvalue weighted by atomic mass is 16.4. The van der Waals surface area contributed by atoms with E-state index in [-0.39, 0.29) is 0 Å². The van der Waals surface area contributed by atoms with E-state index in [4.69, 9.17) is 5.11 Å². The van der Waals surface area contributed by atoms with Crippen LogP contribution in [0.15, 0.2) is 24.3 Å². The fourth-order valence-corrected chi connectivity index (χ4v) is 5.13. The molecule has 4 unspecified atom stereocenters. The molecule has 132 valence electrons. The fraction of sp³-hybridized carbons (Fsp3) is 0.682. The number of carboxylic acid groups (broad SMARTS) is 1. The summed E-state index contributed by atoms with van der Waals surface area (Å²) in [5, 5.41) is 9.04. The maximum atomic E-state index is 11.0. The lowest BCUT2D eigenvalue weighted by atomic mass is 9.63. The van der Waals surface area contributed by atoms with Crippen LogP contribution in [0.5, 0.6) is 0 Å². The molecule has 4 atom stereocenters. The highest BCUT2D eigenvalue weighted by Crippen LogP contribution is 2.48. The van der Waals surface area contributed by atoms with Crippen molar-refractivity contribution >= 4 is 5.97 Å². The van der Waals surface area contributed by atoms with Crippen LogP contribution < -0.4 is 0 Å². The summed E-state index contributed by atoms with van der Waals surface area (Å²) in [5.41, 5.74) is 1.75. The van der Waals surface area contributed by atoms with Gasteiger partial charge in [0, 0.05) is 0 Å². The van der Waals surface area contributed by atoms with Crippen molar-refractivity contribution in [2.75, 3.05) is 0 Å². The Kier molecular flexibility index (Phi) is 5.97. The molecule has 2 aliphatic carbocycles. The molecule has 3 rings (SSSR count). The van der Waals surface area contributed by atoms with Crippen LogP contribution in [0.1, 0.15) is 93.0 Å². The monoisotopic (exact) mass is 328 g/mol. The summed E-state index contributed by atoms with van der Waals surface area (Å²) in [6.07, 6.45) is 13.9. The van der Waals surface area contributed by atoms with Gasteiger partial charge in [-0.1, -0.05) is 51.2 Å². The van der Waals surface area contributed by atoms with Gasteiger partial charge >= 0.3 is 5.97 Å². The number of benzene rings is 1. The van der Waals surface area contributed by atoms with Gasteiger partial charge in [-0.15, -0.1) is 0 Å². The molecule has 0 aromatic heterocycles. The summed E-state index contributed by atoms with van der Waals surface area (Å²) in [7, 11) is 0. The van der Waals surface area contributed by atoms with E-state index in [0.29, 0.717) is 11.5 Å². The first-order valence-electron chi connectivity index (χ1n) is 10.0. The number of carbonyl (C=O) groups is 1. The summed E-state index contributed by atoms with van der Waals surface area (Å²) >= 11 is 0. The molecule has 1 aromatic rings. The van der Waals surface area contributed by atoms with Gasteiger partial charge in [-0.25, -0.2) is 4.79 Å². The molecule has 1 aromatic carbocycles. The highest BCUT2D eigenvalue weighted by molar-refractivity contribution is 5.87. The number of aromatic carboxylic acids is 1. The topological polar surface area (TPSA) is 37.3 Å². The Hall–Kier alpha value is -1.31. The summed E-state index contributed by atoms with van der Waals surface area (Å²) in [5.74, 6) is 2.67. The number of carboxylic acids is 1.